The van der Waals surface area contributed by atoms with Crippen LogP contribution in [0.15, 0.2) is 66.3 Å². The standard InChI is InChI=1S/C18H11N2S2/c1-3-9-19-14(6-1)17-13(16-8-5-11-21-16)12-22-18(17)15-7-2-4-10-20-15/h1-11H. The van der Waals surface area contributed by atoms with Crippen molar-refractivity contribution in [3.05, 3.63) is 71.7 Å². The van der Waals surface area contributed by atoms with Gasteiger partial charge in [-0.3, -0.25) is 9.97 Å². The highest BCUT2D eigenvalue weighted by molar-refractivity contribution is 7.16. The van der Waals surface area contributed by atoms with Gasteiger partial charge in [-0.05, 0) is 35.7 Å². The smallest absolute Gasteiger partial charge is 0.0809 e. The SMILES string of the molecule is [c]1sc(-c2ccccn2)c(-c2ccccn2)c1-c1cccs1. The molecule has 0 spiro atoms. The highest BCUT2D eigenvalue weighted by Crippen LogP contribution is 2.44. The molecule has 0 amide bonds. The molecule has 1 radical (unpaired) electrons. The Balaban J connectivity index is 1.97. The van der Waals surface area contributed by atoms with Crippen LogP contribution in [0.5, 0.6) is 0 Å². The molecule has 0 saturated heterocycles. The fourth-order valence-electron chi connectivity index (χ4n) is 2.34. The number of hydrogen-bond donors (Lipinski definition) is 0. The number of rotatable bonds is 3. The lowest BCUT2D eigenvalue weighted by Crippen LogP contribution is -1.87. The lowest BCUT2D eigenvalue weighted by Gasteiger charge is -2.06. The third-order valence-electron chi connectivity index (χ3n) is 3.32. The molecule has 0 aliphatic carbocycles. The maximum absolute atomic E-state index is 4.54. The molecule has 4 aromatic heterocycles. The first-order valence-corrected chi connectivity index (χ1v) is 8.54. The lowest BCUT2D eigenvalue weighted by molar-refractivity contribution is 1.32. The van der Waals surface area contributed by atoms with Gasteiger partial charge in [-0.2, -0.15) is 0 Å². The molecule has 4 heteroatoms. The molecule has 0 bridgehead atoms. The van der Waals surface area contributed by atoms with Gasteiger partial charge in [0.1, 0.15) is 0 Å². The Hall–Kier alpha value is -2.30. The summed E-state index contributed by atoms with van der Waals surface area (Å²) in [5.74, 6) is 0. The molecular weight excluding hydrogens is 308 g/mol. The van der Waals surface area contributed by atoms with E-state index in [1.807, 2.05) is 48.8 Å². The zero-order chi connectivity index (χ0) is 14.8. The van der Waals surface area contributed by atoms with Crippen LogP contribution in [0, 0.1) is 5.38 Å². The first-order valence-electron chi connectivity index (χ1n) is 6.84. The minimum Gasteiger partial charge on any atom is -0.256 e. The summed E-state index contributed by atoms with van der Waals surface area (Å²) in [5, 5.41) is 5.53. The summed E-state index contributed by atoms with van der Waals surface area (Å²) >= 11 is 3.32. The number of thiophene rings is 2. The van der Waals surface area contributed by atoms with Gasteiger partial charge in [0.05, 0.1) is 21.6 Å². The van der Waals surface area contributed by atoms with E-state index in [9.17, 15) is 0 Å². The van der Waals surface area contributed by atoms with E-state index in [0.717, 1.165) is 27.4 Å². The van der Waals surface area contributed by atoms with E-state index < -0.39 is 0 Å². The van der Waals surface area contributed by atoms with Crippen LogP contribution >= 0.6 is 22.7 Å². The molecule has 0 N–H and O–H groups in total. The Bertz CT molecular complexity index is 866. The van der Waals surface area contributed by atoms with Gasteiger partial charge in [-0.25, -0.2) is 0 Å². The van der Waals surface area contributed by atoms with Crippen LogP contribution in [0.2, 0.25) is 0 Å². The fourth-order valence-corrected chi connectivity index (χ4v) is 4.09. The number of aromatic nitrogens is 2. The van der Waals surface area contributed by atoms with E-state index >= 15 is 0 Å². The predicted octanol–water partition coefficient (Wildman–Crippen LogP) is 5.40. The van der Waals surface area contributed by atoms with E-state index in [-0.39, 0.29) is 0 Å². The summed E-state index contributed by atoms with van der Waals surface area (Å²) in [4.78, 5) is 11.4. The second kappa shape index (κ2) is 5.83. The molecule has 4 heterocycles. The van der Waals surface area contributed by atoms with Crippen molar-refractivity contribution in [3.63, 3.8) is 0 Å². The molecule has 105 valence electrons. The van der Waals surface area contributed by atoms with E-state index in [0.29, 0.717) is 0 Å². The summed E-state index contributed by atoms with van der Waals surface area (Å²) in [6.45, 7) is 0. The van der Waals surface area contributed by atoms with Gasteiger partial charge in [-0.15, -0.1) is 22.7 Å². The molecule has 0 saturated carbocycles. The minimum atomic E-state index is 0.962. The predicted molar refractivity (Wildman–Crippen MR) is 92.9 cm³/mol. The molecule has 22 heavy (non-hydrogen) atoms. The topological polar surface area (TPSA) is 25.8 Å². The average molecular weight is 319 g/mol. The van der Waals surface area contributed by atoms with Gasteiger partial charge in [0.2, 0.25) is 0 Å². The second-order valence-corrected chi connectivity index (χ2v) is 6.45. The fraction of sp³-hybridized carbons (Fsp3) is 0. The molecule has 0 aromatic carbocycles. The summed E-state index contributed by atoms with van der Waals surface area (Å²) in [6.07, 6.45) is 3.65. The molecule has 0 aliphatic heterocycles. The first-order chi connectivity index (χ1) is 10.9. The Labute approximate surface area is 136 Å². The van der Waals surface area contributed by atoms with E-state index in [2.05, 4.69) is 32.9 Å². The summed E-state index contributed by atoms with van der Waals surface area (Å²) in [5.41, 5.74) is 4.15. The third-order valence-corrected chi connectivity index (χ3v) is 5.13. The quantitative estimate of drug-likeness (QED) is 0.505. The Kier molecular flexibility index (Phi) is 3.54. The van der Waals surface area contributed by atoms with Crippen LogP contribution in [0.25, 0.3) is 32.3 Å². The van der Waals surface area contributed by atoms with Gasteiger partial charge in [-0.1, -0.05) is 18.2 Å². The number of pyridine rings is 2. The van der Waals surface area contributed by atoms with E-state index in [1.165, 1.54) is 4.88 Å². The van der Waals surface area contributed by atoms with E-state index in [1.54, 1.807) is 22.7 Å². The van der Waals surface area contributed by atoms with Crippen molar-refractivity contribution < 1.29 is 0 Å². The maximum Gasteiger partial charge on any atom is 0.0809 e. The largest absolute Gasteiger partial charge is 0.256 e. The Morgan fingerprint density at radius 3 is 2.23 bits per heavy atom. The third kappa shape index (κ3) is 2.36. The molecule has 0 atom stereocenters. The number of nitrogens with zero attached hydrogens (tertiary/aromatic N) is 2. The first kappa shape index (κ1) is 13.4. The zero-order valence-corrected chi connectivity index (χ0v) is 13.2. The molecule has 0 fully saturated rings. The lowest BCUT2D eigenvalue weighted by atomic mass is 10.0. The minimum absolute atomic E-state index is 0.962. The zero-order valence-electron chi connectivity index (χ0n) is 11.6. The number of hydrogen-bond acceptors (Lipinski definition) is 4. The van der Waals surface area contributed by atoms with Gasteiger partial charge in [0, 0.05) is 28.4 Å². The summed E-state index contributed by atoms with van der Waals surface area (Å²) in [7, 11) is 0. The van der Waals surface area contributed by atoms with Crippen molar-refractivity contribution in [2.24, 2.45) is 0 Å². The monoisotopic (exact) mass is 319 g/mol. The highest BCUT2D eigenvalue weighted by atomic mass is 32.1. The molecule has 4 aromatic rings. The van der Waals surface area contributed by atoms with Crippen molar-refractivity contribution in [1.82, 2.24) is 9.97 Å². The van der Waals surface area contributed by atoms with Crippen LogP contribution in [0.3, 0.4) is 0 Å². The second-order valence-electron chi connectivity index (χ2n) is 4.69. The molecule has 0 aliphatic rings. The van der Waals surface area contributed by atoms with Crippen molar-refractivity contribution in [1.29, 1.82) is 0 Å². The van der Waals surface area contributed by atoms with Crippen molar-refractivity contribution in [3.8, 4) is 32.3 Å². The normalized spacial score (nSPS) is 10.7. The van der Waals surface area contributed by atoms with Crippen molar-refractivity contribution in [2.75, 3.05) is 0 Å². The van der Waals surface area contributed by atoms with Gasteiger partial charge in [0.15, 0.2) is 0 Å². The van der Waals surface area contributed by atoms with Crippen molar-refractivity contribution >= 4 is 22.7 Å². The molecule has 4 rings (SSSR count). The Morgan fingerprint density at radius 2 is 1.59 bits per heavy atom. The highest BCUT2D eigenvalue weighted by Gasteiger charge is 2.19. The van der Waals surface area contributed by atoms with E-state index in [4.69, 9.17) is 0 Å². The molecular formula is C18H11N2S2. The van der Waals surface area contributed by atoms with Gasteiger partial charge >= 0.3 is 0 Å². The van der Waals surface area contributed by atoms with Crippen LogP contribution in [-0.2, 0) is 0 Å². The molecule has 0 unspecified atom stereocenters. The van der Waals surface area contributed by atoms with Crippen LogP contribution < -0.4 is 0 Å². The Morgan fingerprint density at radius 1 is 0.818 bits per heavy atom. The van der Waals surface area contributed by atoms with Crippen LogP contribution in [0.1, 0.15) is 0 Å². The van der Waals surface area contributed by atoms with Crippen LogP contribution in [-0.4, -0.2) is 9.97 Å². The van der Waals surface area contributed by atoms with Crippen LogP contribution in [0.4, 0.5) is 0 Å². The summed E-state index contributed by atoms with van der Waals surface area (Å²) < 4.78 is 0. The van der Waals surface area contributed by atoms with Crippen molar-refractivity contribution in [2.45, 2.75) is 0 Å². The van der Waals surface area contributed by atoms with Gasteiger partial charge in [0.25, 0.3) is 0 Å². The maximum atomic E-state index is 4.54. The molecule has 2 nitrogen and oxygen atoms in total. The average Bonchev–Trinajstić information content (AvgIpc) is 3.25. The summed E-state index contributed by atoms with van der Waals surface area (Å²) in [6, 6.07) is 16.2. The van der Waals surface area contributed by atoms with Gasteiger partial charge < -0.3 is 0 Å².